The van der Waals surface area contributed by atoms with Gasteiger partial charge in [0.15, 0.2) is 0 Å². The number of carbonyl (C=O) groups is 2. The van der Waals surface area contributed by atoms with Crippen LogP contribution in [0, 0.1) is 11.2 Å². The van der Waals surface area contributed by atoms with Crippen LogP contribution in [-0.2, 0) is 4.79 Å². The minimum Gasteiger partial charge on any atom is -0.480 e. The molecule has 0 aliphatic carbocycles. The Balaban J connectivity index is 2.41. The van der Waals surface area contributed by atoms with Gasteiger partial charge in [0.1, 0.15) is 11.9 Å². The van der Waals surface area contributed by atoms with E-state index in [9.17, 15) is 19.1 Å². The summed E-state index contributed by atoms with van der Waals surface area (Å²) in [6.07, 6.45) is 1.42. The lowest BCUT2D eigenvalue weighted by molar-refractivity contribution is -0.148. The third-order valence-corrected chi connectivity index (χ3v) is 4.01. The summed E-state index contributed by atoms with van der Waals surface area (Å²) in [5, 5.41) is 9.46. The molecule has 5 nitrogen and oxygen atoms in total. The lowest BCUT2D eigenvalue weighted by Crippen LogP contribution is -2.56. The number of carbonyl (C=O) groups excluding carboxylic acids is 1. The van der Waals surface area contributed by atoms with Crippen molar-refractivity contribution < 1.29 is 19.1 Å². The molecule has 1 atom stereocenters. The van der Waals surface area contributed by atoms with Crippen LogP contribution in [0.15, 0.2) is 18.2 Å². The number of hydrogen-bond acceptors (Lipinski definition) is 3. The standard InChI is InChI=1S/C15H19FN2O3/c1-15(2)6-3-7-18(12(15)14(20)21)13(19)10-8-9(16)4-5-11(10)17/h4-5,8,12H,3,6-7,17H2,1-2H3,(H,20,21). The van der Waals surface area contributed by atoms with Gasteiger partial charge in [0, 0.05) is 12.2 Å². The average Bonchev–Trinajstić information content (AvgIpc) is 2.38. The molecule has 0 saturated carbocycles. The molecule has 1 heterocycles. The zero-order valence-electron chi connectivity index (χ0n) is 12.1. The van der Waals surface area contributed by atoms with Crippen LogP contribution in [0.4, 0.5) is 10.1 Å². The van der Waals surface area contributed by atoms with Crippen LogP contribution in [-0.4, -0.2) is 34.5 Å². The molecule has 0 radical (unpaired) electrons. The van der Waals surface area contributed by atoms with E-state index in [-0.39, 0.29) is 11.3 Å². The molecule has 1 aromatic carbocycles. The number of nitrogen functional groups attached to an aromatic ring is 1. The monoisotopic (exact) mass is 294 g/mol. The number of carboxylic acids is 1. The first-order valence-electron chi connectivity index (χ1n) is 6.83. The molecule has 0 bridgehead atoms. The summed E-state index contributed by atoms with van der Waals surface area (Å²) in [7, 11) is 0. The van der Waals surface area contributed by atoms with Crippen LogP contribution in [0.25, 0.3) is 0 Å². The van der Waals surface area contributed by atoms with Crippen LogP contribution in [0.3, 0.4) is 0 Å². The molecule has 1 saturated heterocycles. The third-order valence-electron chi connectivity index (χ3n) is 4.01. The van der Waals surface area contributed by atoms with Crippen molar-refractivity contribution in [3.8, 4) is 0 Å². The van der Waals surface area contributed by atoms with Gasteiger partial charge in [0.05, 0.1) is 5.56 Å². The number of halogens is 1. The van der Waals surface area contributed by atoms with Crippen molar-refractivity contribution in [2.45, 2.75) is 32.7 Å². The van der Waals surface area contributed by atoms with Crippen molar-refractivity contribution in [2.75, 3.05) is 12.3 Å². The normalized spacial score (nSPS) is 21.1. The van der Waals surface area contributed by atoms with Crippen molar-refractivity contribution in [1.29, 1.82) is 0 Å². The van der Waals surface area contributed by atoms with E-state index in [0.29, 0.717) is 19.4 Å². The van der Waals surface area contributed by atoms with Gasteiger partial charge in [-0.1, -0.05) is 13.8 Å². The first-order chi connectivity index (χ1) is 9.74. The summed E-state index contributed by atoms with van der Waals surface area (Å²) in [5.74, 6) is -2.16. The quantitative estimate of drug-likeness (QED) is 0.818. The fourth-order valence-electron chi connectivity index (χ4n) is 2.95. The molecule has 1 amide bonds. The minimum absolute atomic E-state index is 0.0129. The summed E-state index contributed by atoms with van der Waals surface area (Å²) in [5.41, 5.74) is 5.34. The van der Waals surface area contributed by atoms with Gasteiger partial charge in [-0.25, -0.2) is 9.18 Å². The third kappa shape index (κ3) is 2.84. The largest absolute Gasteiger partial charge is 0.480 e. The van der Waals surface area contributed by atoms with Crippen LogP contribution in [0.5, 0.6) is 0 Å². The van der Waals surface area contributed by atoms with E-state index in [4.69, 9.17) is 5.73 Å². The van der Waals surface area contributed by atoms with Gasteiger partial charge in [0.2, 0.25) is 0 Å². The van der Waals surface area contributed by atoms with Crippen LogP contribution in [0.2, 0.25) is 0 Å². The Labute approximate surface area is 122 Å². The first-order valence-corrected chi connectivity index (χ1v) is 6.83. The van der Waals surface area contributed by atoms with Crippen LogP contribution >= 0.6 is 0 Å². The predicted molar refractivity (Wildman–Crippen MR) is 76.3 cm³/mol. The SMILES string of the molecule is CC1(C)CCCN(C(=O)c2cc(F)ccc2N)C1C(=O)O. The molecule has 6 heteroatoms. The van der Waals surface area contributed by atoms with Crippen LogP contribution < -0.4 is 5.73 Å². The Morgan fingerprint density at radius 3 is 2.71 bits per heavy atom. The van der Waals surface area contributed by atoms with Crippen molar-refractivity contribution in [1.82, 2.24) is 4.90 Å². The van der Waals surface area contributed by atoms with E-state index in [0.717, 1.165) is 6.07 Å². The maximum atomic E-state index is 13.3. The molecule has 0 aromatic heterocycles. The van der Waals surface area contributed by atoms with E-state index in [1.165, 1.54) is 17.0 Å². The Kier molecular flexibility index (Phi) is 3.89. The van der Waals surface area contributed by atoms with Gasteiger partial charge in [-0.2, -0.15) is 0 Å². The summed E-state index contributed by atoms with van der Waals surface area (Å²) in [6, 6.07) is 2.59. The van der Waals surface area contributed by atoms with E-state index < -0.39 is 29.2 Å². The number of nitrogens with two attached hydrogens (primary N) is 1. The summed E-state index contributed by atoms with van der Waals surface area (Å²) >= 11 is 0. The van der Waals surface area contributed by atoms with E-state index >= 15 is 0 Å². The Hall–Kier alpha value is -2.11. The molecule has 1 fully saturated rings. The Morgan fingerprint density at radius 1 is 1.43 bits per heavy atom. The topological polar surface area (TPSA) is 83.6 Å². The number of likely N-dealkylation sites (tertiary alicyclic amines) is 1. The second kappa shape index (κ2) is 5.35. The first kappa shape index (κ1) is 15.3. The van der Waals surface area contributed by atoms with E-state index in [1.54, 1.807) is 0 Å². The molecule has 2 rings (SSSR count). The lowest BCUT2D eigenvalue weighted by Gasteiger charge is -2.44. The summed E-state index contributed by atoms with van der Waals surface area (Å²) in [4.78, 5) is 25.4. The number of benzene rings is 1. The van der Waals surface area contributed by atoms with Crippen molar-refractivity contribution in [2.24, 2.45) is 5.41 Å². The number of amides is 1. The van der Waals surface area contributed by atoms with Gasteiger partial charge in [-0.15, -0.1) is 0 Å². The fraction of sp³-hybridized carbons (Fsp3) is 0.467. The zero-order valence-corrected chi connectivity index (χ0v) is 12.1. The Bertz CT molecular complexity index is 586. The molecular weight excluding hydrogens is 275 g/mol. The van der Waals surface area contributed by atoms with Crippen molar-refractivity contribution in [3.05, 3.63) is 29.6 Å². The molecule has 1 aliphatic heterocycles. The molecule has 1 aromatic rings. The van der Waals surface area contributed by atoms with Gasteiger partial charge in [-0.3, -0.25) is 4.79 Å². The molecule has 1 unspecified atom stereocenters. The van der Waals surface area contributed by atoms with Gasteiger partial charge in [0.25, 0.3) is 5.91 Å². The van der Waals surface area contributed by atoms with Gasteiger partial charge >= 0.3 is 5.97 Å². The number of nitrogens with zero attached hydrogens (tertiary/aromatic N) is 1. The molecule has 3 N–H and O–H groups in total. The maximum Gasteiger partial charge on any atom is 0.326 e. The number of carboxylic acid groups (broad SMARTS) is 1. The van der Waals surface area contributed by atoms with E-state index in [2.05, 4.69) is 0 Å². The average molecular weight is 294 g/mol. The van der Waals surface area contributed by atoms with Gasteiger partial charge < -0.3 is 15.7 Å². The number of aliphatic carboxylic acids is 1. The Morgan fingerprint density at radius 2 is 2.10 bits per heavy atom. The molecular formula is C15H19FN2O3. The molecule has 21 heavy (non-hydrogen) atoms. The number of hydrogen-bond donors (Lipinski definition) is 2. The lowest BCUT2D eigenvalue weighted by atomic mass is 9.76. The van der Waals surface area contributed by atoms with Crippen molar-refractivity contribution in [3.63, 3.8) is 0 Å². The second-order valence-electron chi connectivity index (χ2n) is 6.06. The fourth-order valence-corrected chi connectivity index (χ4v) is 2.95. The number of anilines is 1. The smallest absolute Gasteiger partial charge is 0.326 e. The number of piperidine rings is 1. The highest BCUT2D eigenvalue weighted by atomic mass is 19.1. The number of rotatable bonds is 2. The molecule has 1 aliphatic rings. The summed E-state index contributed by atoms with van der Waals surface area (Å²) < 4.78 is 13.3. The summed E-state index contributed by atoms with van der Waals surface area (Å²) in [6.45, 7) is 3.97. The van der Waals surface area contributed by atoms with Crippen LogP contribution in [0.1, 0.15) is 37.0 Å². The molecule has 114 valence electrons. The highest BCUT2D eigenvalue weighted by molar-refractivity contribution is 6.01. The zero-order chi connectivity index (χ0) is 15.8. The second-order valence-corrected chi connectivity index (χ2v) is 6.06. The minimum atomic E-state index is -1.05. The molecule has 0 spiro atoms. The predicted octanol–water partition coefficient (Wildman–Crippen LogP) is 2.12. The van der Waals surface area contributed by atoms with Gasteiger partial charge in [-0.05, 0) is 36.5 Å². The van der Waals surface area contributed by atoms with Crippen molar-refractivity contribution >= 4 is 17.6 Å². The van der Waals surface area contributed by atoms with E-state index in [1.807, 2.05) is 13.8 Å². The highest BCUT2D eigenvalue weighted by Gasteiger charge is 2.44. The highest BCUT2D eigenvalue weighted by Crippen LogP contribution is 2.36. The maximum absolute atomic E-state index is 13.3.